The molecule has 1 aromatic heterocycles. The van der Waals surface area contributed by atoms with Gasteiger partial charge in [-0.3, -0.25) is 14.5 Å². The van der Waals surface area contributed by atoms with E-state index in [-0.39, 0.29) is 11.5 Å². The summed E-state index contributed by atoms with van der Waals surface area (Å²) in [4.78, 5) is 32.9. The summed E-state index contributed by atoms with van der Waals surface area (Å²) in [5.74, 6) is 1.27. The molecule has 1 aliphatic heterocycles. The monoisotopic (exact) mass is 602 g/mol. The lowest BCUT2D eigenvalue weighted by Crippen LogP contribution is -2.33. The first-order valence-corrected chi connectivity index (χ1v) is 14.7. The minimum Gasteiger partial charge on any atom is -0.493 e. The van der Waals surface area contributed by atoms with Crippen LogP contribution in [0.2, 0.25) is 0 Å². The second-order valence-electron chi connectivity index (χ2n) is 10.8. The molecule has 0 atom stereocenters. The molecule has 0 aliphatic carbocycles. The number of hydrogen-bond acceptors (Lipinski definition) is 7. The van der Waals surface area contributed by atoms with E-state index < -0.39 is 5.91 Å². The molecular formula is C36H34N4O5. The Labute approximate surface area is 261 Å². The van der Waals surface area contributed by atoms with Gasteiger partial charge in [0.15, 0.2) is 11.5 Å². The van der Waals surface area contributed by atoms with Crippen molar-refractivity contribution in [2.45, 2.75) is 13.0 Å². The zero-order chi connectivity index (χ0) is 31.3. The third kappa shape index (κ3) is 6.44. The fraction of sp³-hybridized carbons (Fsp3) is 0.194. The summed E-state index contributed by atoms with van der Waals surface area (Å²) in [5, 5.41) is 3.74. The van der Waals surface area contributed by atoms with Gasteiger partial charge in [-0.25, -0.2) is 4.98 Å². The third-order valence-corrected chi connectivity index (χ3v) is 8.00. The average molecular weight is 603 g/mol. The number of ether oxygens (including phenoxy) is 3. The highest BCUT2D eigenvalue weighted by Crippen LogP contribution is 2.33. The summed E-state index contributed by atoms with van der Waals surface area (Å²) in [7, 11) is 3.31. The van der Waals surface area contributed by atoms with Crippen LogP contribution in [0.4, 0.5) is 5.69 Å². The maximum absolute atomic E-state index is 13.4. The van der Waals surface area contributed by atoms with Crippen molar-refractivity contribution in [3.63, 3.8) is 0 Å². The van der Waals surface area contributed by atoms with Crippen molar-refractivity contribution >= 4 is 28.4 Å². The fourth-order valence-corrected chi connectivity index (χ4v) is 5.65. The molecule has 3 N–H and O–H groups in total. The first kappa shape index (κ1) is 29.7. The van der Waals surface area contributed by atoms with E-state index >= 15 is 0 Å². The van der Waals surface area contributed by atoms with E-state index in [1.807, 2.05) is 36.4 Å². The molecule has 0 radical (unpaired) electrons. The second kappa shape index (κ2) is 13.1. The molecule has 5 aromatic rings. The first-order valence-electron chi connectivity index (χ1n) is 14.7. The van der Waals surface area contributed by atoms with Crippen LogP contribution in [-0.4, -0.2) is 55.6 Å². The van der Waals surface area contributed by atoms with E-state index in [0.717, 1.165) is 42.9 Å². The topological polar surface area (TPSA) is 116 Å². The van der Waals surface area contributed by atoms with Gasteiger partial charge in [-0.15, -0.1) is 0 Å². The summed E-state index contributed by atoms with van der Waals surface area (Å²) in [6, 6.07) is 27.6. The standard InChI is InChI=1S/C36H34N4O5/c1-43-32-20-23-15-16-40(22-25(23)21-33(32)44-2)17-18-45-27-13-11-26(12-14-27)38-36(42)29-9-5-4-8-28(29)34-30(35(37)41)19-24-7-3-6-10-31(24)39-34/h3-14,19-21H,15-18,22H2,1-2H3,(H2,37,41)(H,38,42). The number of fused-ring (bicyclic) bond motifs is 2. The number of amides is 2. The summed E-state index contributed by atoms with van der Waals surface area (Å²) in [6.07, 6.45) is 0.938. The number of hydrogen-bond donors (Lipinski definition) is 2. The molecule has 228 valence electrons. The van der Waals surface area contributed by atoms with E-state index in [4.69, 9.17) is 24.9 Å². The van der Waals surface area contributed by atoms with Crippen LogP contribution in [-0.2, 0) is 13.0 Å². The van der Waals surface area contributed by atoms with Crippen LogP contribution >= 0.6 is 0 Å². The van der Waals surface area contributed by atoms with Gasteiger partial charge in [0, 0.05) is 41.8 Å². The van der Waals surface area contributed by atoms with E-state index in [0.29, 0.717) is 40.4 Å². The van der Waals surface area contributed by atoms with Crippen LogP contribution in [0.25, 0.3) is 22.2 Å². The van der Waals surface area contributed by atoms with Crippen molar-refractivity contribution in [2.24, 2.45) is 5.73 Å². The van der Waals surface area contributed by atoms with Crippen LogP contribution in [0, 0.1) is 0 Å². The van der Waals surface area contributed by atoms with Gasteiger partial charge in [0.05, 0.1) is 31.0 Å². The molecule has 45 heavy (non-hydrogen) atoms. The highest BCUT2D eigenvalue weighted by molar-refractivity contribution is 6.11. The number of rotatable bonds is 10. The summed E-state index contributed by atoms with van der Waals surface area (Å²) in [6.45, 7) is 3.07. The molecule has 0 saturated heterocycles. The van der Waals surface area contributed by atoms with Crippen LogP contribution in [0.15, 0.2) is 91.0 Å². The number of aromatic nitrogens is 1. The van der Waals surface area contributed by atoms with E-state index in [9.17, 15) is 9.59 Å². The second-order valence-corrected chi connectivity index (χ2v) is 10.8. The zero-order valence-electron chi connectivity index (χ0n) is 25.2. The lowest BCUT2D eigenvalue weighted by atomic mass is 9.98. The van der Waals surface area contributed by atoms with E-state index in [1.165, 1.54) is 11.1 Å². The third-order valence-electron chi connectivity index (χ3n) is 8.00. The summed E-state index contributed by atoms with van der Waals surface area (Å²) in [5.41, 5.74) is 11.1. The van der Waals surface area contributed by atoms with Crippen molar-refractivity contribution in [1.29, 1.82) is 0 Å². The molecule has 0 bridgehead atoms. The number of para-hydroxylation sites is 1. The Morgan fingerprint density at radius 2 is 1.58 bits per heavy atom. The molecule has 0 spiro atoms. The number of pyridine rings is 1. The molecule has 2 heterocycles. The van der Waals surface area contributed by atoms with Gasteiger partial charge in [0.1, 0.15) is 12.4 Å². The minimum absolute atomic E-state index is 0.254. The van der Waals surface area contributed by atoms with Crippen molar-refractivity contribution in [3.8, 4) is 28.5 Å². The van der Waals surface area contributed by atoms with Gasteiger partial charge in [-0.05, 0) is 72.1 Å². The highest BCUT2D eigenvalue weighted by Gasteiger charge is 2.21. The maximum Gasteiger partial charge on any atom is 0.256 e. The van der Waals surface area contributed by atoms with Gasteiger partial charge in [0.2, 0.25) is 0 Å². The Bertz CT molecular complexity index is 1870. The Kier molecular flexibility index (Phi) is 8.61. The van der Waals surface area contributed by atoms with Gasteiger partial charge < -0.3 is 25.3 Å². The summed E-state index contributed by atoms with van der Waals surface area (Å²) >= 11 is 0. The smallest absolute Gasteiger partial charge is 0.256 e. The molecule has 6 rings (SSSR count). The van der Waals surface area contributed by atoms with Crippen molar-refractivity contribution < 1.29 is 23.8 Å². The largest absolute Gasteiger partial charge is 0.493 e. The van der Waals surface area contributed by atoms with Gasteiger partial charge >= 0.3 is 0 Å². The molecule has 0 saturated carbocycles. The van der Waals surface area contributed by atoms with Gasteiger partial charge in [0.25, 0.3) is 11.8 Å². The number of carbonyl (C=O) groups is 2. The highest BCUT2D eigenvalue weighted by atomic mass is 16.5. The summed E-state index contributed by atoms with van der Waals surface area (Å²) < 4.78 is 16.9. The number of anilines is 1. The number of methoxy groups -OCH3 is 2. The number of nitrogens with two attached hydrogens (primary N) is 1. The quantitative estimate of drug-likeness (QED) is 0.210. The minimum atomic E-state index is -0.611. The zero-order valence-corrected chi connectivity index (χ0v) is 25.2. The van der Waals surface area contributed by atoms with E-state index in [2.05, 4.69) is 22.3 Å². The average Bonchev–Trinajstić information content (AvgIpc) is 3.07. The lowest BCUT2D eigenvalue weighted by Gasteiger charge is -2.29. The number of nitrogens with one attached hydrogen (secondary N) is 1. The molecule has 4 aromatic carbocycles. The van der Waals surface area contributed by atoms with Crippen molar-refractivity contribution in [3.05, 3.63) is 113 Å². The van der Waals surface area contributed by atoms with Gasteiger partial charge in [-0.2, -0.15) is 0 Å². The van der Waals surface area contributed by atoms with Crippen LogP contribution in [0.5, 0.6) is 17.2 Å². The number of benzene rings is 4. The van der Waals surface area contributed by atoms with Crippen LogP contribution < -0.4 is 25.3 Å². The van der Waals surface area contributed by atoms with Crippen LogP contribution in [0.3, 0.4) is 0 Å². The first-order chi connectivity index (χ1) is 21.9. The molecule has 9 heteroatoms. The Balaban J connectivity index is 1.09. The predicted molar refractivity (Wildman–Crippen MR) is 174 cm³/mol. The fourth-order valence-electron chi connectivity index (χ4n) is 5.65. The van der Waals surface area contributed by atoms with Crippen LogP contribution in [0.1, 0.15) is 31.8 Å². The number of nitrogens with zero attached hydrogens (tertiary/aromatic N) is 2. The Hall–Kier alpha value is -5.41. The number of carbonyl (C=O) groups excluding carboxylic acids is 2. The van der Waals surface area contributed by atoms with Gasteiger partial charge in [-0.1, -0.05) is 36.4 Å². The van der Waals surface area contributed by atoms with E-state index in [1.54, 1.807) is 56.7 Å². The lowest BCUT2D eigenvalue weighted by molar-refractivity contribution is 0.0997. The number of primary amides is 1. The SMILES string of the molecule is COc1cc2c(cc1OC)CN(CCOc1ccc(NC(=O)c3ccccc3-c3nc4ccccc4cc3C(N)=O)cc1)CC2. The Morgan fingerprint density at radius 3 is 2.33 bits per heavy atom. The molecule has 2 amide bonds. The van der Waals surface area contributed by atoms with Crippen molar-refractivity contribution in [2.75, 3.05) is 39.2 Å². The Morgan fingerprint density at radius 1 is 0.867 bits per heavy atom. The molecule has 1 aliphatic rings. The van der Waals surface area contributed by atoms with Crippen molar-refractivity contribution in [1.82, 2.24) is 9.88 Å². The molecule has 9 nitrogen and oxygen atoms in total. The predicted octanol–water partition coefficient (Wildman–Crippen LogP) is 5.71. The molecule has 0 fully saturated rings. The molecule has 0 unspecified atom stereocenters. The normalized spacial score (nSPS) is 12.8. The molecular weight excluding hydrogens is 568 g/mol. The maximum atomic E-state index is 13.4.